The number of pyridine rings is 1. The molecule has 0 aliphatic heterocycles. The van der Waals surface area contributed by atoms with Crippen LogP contribution in [0.2, 0.25) is 0 Å². The summed E-state index contributed by atoms with van der Waals surface area (Å²) in [5.41, 5.74) is 1.52. The lowest BCUT2D eigenvalue weighted by Gasteiger charge is -2.07. The predicted octanol–water partition coefficient (Wildman–Crippen LogP) is 3.52. The van der Waals surface area contributed by atoms with Crippen molar-refractivity contribution in [2.45, 2.75) is 6.61 Å². The number of hydrogen-bond donors (Lipinski definition) is 1. The molecule has 2 aromatic carbocycles. The molecule has 19 heavy (non-hydrogen) atoms. The molecule has 0 unspecified atom stereocenters. The van der Waals surface area contributed by atoms with Crippen LogP contribution in [0.5, 0.6) is 11.5 Å². The third kappa shape index (κ3) is 2.56. The third-order valence-electron chi connectivity index (χ3n) is 2.86. The monoisotopic (exact) mass is 251 g/mol. The van der Waals surface area contributed by atoms with Crippen LogP contribution in [0.15, 0.2) is 60.7 Å². The van der Waals surface area contributed by atoms with Gasteiger partial charge in [0.2, 0.25) is 0 Å². The molecule has 0 amide bonds. The zero-order valence-corrected chi connectivity index (χ0v) is 10.3. The molecule has 0 fully saturated rings. The van der Waals surface area contributed by atoms with Crippen LogP contribution in [0, 0.1) is 0 Å². The van der Waals surface area contributed by atoms with Gasteiger partial charge in [-0.1, -0.05) is 24.3 Å². The number of fused-ring (bicyclic) bond motifs is 1. The van der Waals surface area contributed by atoms with Gasteiger partial charge in [0.15, 0.2) is 0 Å². The van der Waals surface area contributed by atoms with Crippen molar-refractivity contribution in [2.24, 2.45) is 0 Å². The van der Waals surface area contributed by atoms with Crippen molar-refractivity contribution < 1.29 is 9.84 Å². The molecule has 0 atom stereocenters. The molecule has 3 aromatic rings. The molecule has 94 valence electrons. The summed E-state index contributed by atoms with van der Waals surface area (Å²) in [6, 6.07) is 19.1. The standard InChI is InChI=1S/C16H13NO2/c18-11-13-7-6-12-10-15(8-9-16(12)17-13)19-14-4-2-1-3-5-14/h1-10,18H,11H2. The molecule has 0 spiro atoms. The Morgan fingerprint density at radius 2 is 1.74 bits per heavy atom. The number of rotatable bonds is 3. The van der Waals surface area contributed by atoms with Crippen LogP contribution >= 0.6 is 0 Å². The van der Waals surface area contributed by atoms with E-state index in [0.717, 1.165) is 22.4 Å². The Balaban J connectivity index is 1.94. The van der Waals surface area contributed by atoms with E-state index in [4.69, 9.17) is 9.84 Å². The van der Waals surface area contributed by atoms with Gasteiger partial charge in [-0.25, -0.2) is 0 Å². The summed E-state index contributed by atoms with van der Waals surface area (Å²) in [5, 5.41) is 10.1. The lowest BCUT2D eigenvalue weighted by molar-refractivity contribution is 0.277. The first-order chi connectivity index (χ1) is 9.35. The van der Waals surface area contributed by atoms with E-state index < -0.39 is 0 Å². The number of nitrogens with zero attached hydrogens (tertiary/aromatic N) is 1. The molecular formula is C16H13NO2. The van der Waals surface area contributed by atoms with Gasteiger partial charge in [-0.2, -0.15) is 0 Å². The molecule has 3 heteroatoms. The minimum Gasteiger partial charge on any atom is -0.457 e. The Bertz CT molecular complexity index is 695. The van der Waals surface area contributed by atoms with E-state index in [1.54, 1.807) is 0 Å². The van der Waals surface area contributed by atoms with E-state index in [1.165, 1.54) is 0 Å². The van der Waals surface area contributed by atoms with Crippen LogP contribution in [0.25, 0.3) is 10.9 Å². The molecule has 1 N–H and O–H groups in total. The quantitative estimate of drug-likeness (QED) is 0.774. The van der Waals surface area contributed by atoms with Crippen molar-refractivity contribution in [2.75, 3.05) is 0 Å². The van der Waals surface area contributed by atoms with Gasteiger partial charge in [-0.15, -0.1) is 0 Å². The fourth-order valence-electron chi connectivity index (χ4n) is 1.92. The molecule has 1 heterocycles. The van der Waals surface area contributed by atoms with Crippen LogP contribution in [0.3, 0.4) is 0 Å². The van der Waals surface area contributed by atoms with E-state index in [0.29, 0.717) is 5.69 Å². The second-order valence-electron chi connectivity index (χ2n) is 4.23. The van der Waals surface area contributed by atoms with E-state index in [2.05, 4.69) is 4.98 Å². The van der Waals surface area contributed by atoms with Gasteiger partial charge >= 0.3 is 0 Å². The van der Waals surface area contributed by atoms with Gasteiger partial charge in [0.05, 0.1) is 17.8 Å². The van der Waals surface area contributed by atoms with Crippen LogP contribution in [0.4, 0.5) is 0 Å². The van der Waals surface area contributed by atoms with E-state index >= 15 is 0 Å². The highest BCUT2D eigenvalue weighted by Gasteiger charge is 2.01. The Kier molecular flexibility index (Phi) is 3.12. The maximum Gasteiger partial charge on any atom is 0.128 e. The summed E-state index contributed by atoms with van der Waals surface area (Å²) in [5.74, 6) is 1.58. The lowest BCUT2D eigenvalue weighted by atomic mass is 10.2. The molecule has 0 saturated carbocycles. The first-order valence-electron chi connectivity index (χ1n) is 6.08. The normalized spacial score (nSPS) is 10.6. The maximum atomic E-state index is 9.06. The summed E-state index contributed by atoms with van der Waals surface area (Å²) in [6.45, 7) is -0.0434. The largest absolute Gasteiger partial charge is 0.457 e. The first-order valence-corrected chi connectivity index (χ1v) is 6.08. The molecule has 3 rings (SSSR count). The lowest BCUT2D eigenvalue weighted by Crippen LogP contribution is -1.90. The number of hydrogen-bond acceptors (Lipinski definition) is 3. The van der Waals surface area contributed by atoms with Crippen LogP contribution in [0.1, 0.15) is 5.69 Å². The van der Waals surface area contributed by atoms with Crippen LogP contribution in [-0.2, 0) is 6.61 Å². The Morgan fingerprint density at radius 3 is 2.53 bits per heavy atom. The second-order valence-corrected chi connectivity index (χ2v) is 4.23. The van der Waals surface area contributed by atoms with Gasteiger partial charge < -0.3 is 9.84 Å². The van der Waals surface area contributed by atoms with E-state index in [1.807, 2.05) is 60.7 Å². The average Bonchev–Trinajstić information content (AvgIpc) is 2.48. The molecule has 3 nitrogen and oxygen atoms in total. The SMILES string of the molecule is OCc1ccc2cc(Oc3ccccc3)ccc2n1. The smallest absolute Gasteiger partial charge is 0.128 e. The molecule has 0 saturated heterocycles. The fourth-order valence-corrected chi connectivity index (χ4v) is 1.92. The number of aliphatic hydroxyl groups excluding tert-OH is 1. The van der Waals surface area contributed by atoms with Crippen molar-refractivity contribution >= 4 is 10.9 Å². The first kappa shape index (κ1) is 11.7. The van der Waals surface area contributed by atoms with Crippen molar-refractivity contribution in [1.82, 2.24) is 4.98 Å². The van der Waals surface area contributed by atoms with Crippen LogP contribution in [-0.4, -0.2) is 10.1 Å². The Hall–Kier alpha value is -2.39. The Labute approximate surface area is 111 Å². The summed E-state index contributed by atoms with van der Waals surface area (Å²) >= 11 is 0. The van der Waals surface area contributed by atoms with Gasteiger partial charge in [0, 0.05) is 5.39 Å². The minimum absolute atomic E-state index is 0.0434. The maximum absolute atomic E-state index is 9.06. The highest BCUT2D eigenvalue weighted by molar-refractivity contribution is 5.80. The topological polar surface area (TPSA) is 42.4 Å². The summed E-state index contributed by atoms with van der Waals surface area (Å²) < 4.78 is 5.77. The third-order valence-corrected chi connectivity index (χ3v) is 2.86. The number of aliphatic hydroxyl groups is 1. The number of para-hydroxylation sites is 1. The van der Waals surface area contributed by atoms with Gasteiger partial charge in [-0.3, -0.25) is 4.98 Å². The average molecular weight is 251 g/mol. The molecule has 1 aromatic heterocycles. The molecular weight excluding hydrogens is 238 g/mol. The minimum atomic E-state index is -0.0434. The van der Waals surface area contributed by atoms with E-state index in [9.17, 15) is 0 Å². The van der Waals surface area contributed by atoms with Gasteiger partial charge in [0.1, 0.15) is 11.5 Å². The summed E-state index contributed by atoms with van der Waals surface area (Å²) in [4.78, 5) is 4.34. The molecule has 0 aliphatic carbocycles. The molecule has 0 radical (unpaired) electrons. The molecule has 0 aliphatic rings. The number of ether oxygens (including phenoxy) is 1. The highest BCUT2D eigenvalue weighted by atomic mass is 16.5. The molecule has 0 bridgehead atoms. The summed E-state index contributed by atoms with van der Waals surface area (Å²) in [6.07, 6.45) is 0. The highest BCUT2D eigenvalue weighted by Crippen LogP contribution is 2.24. The van der Waals surface area contributed by atoms with Crippen molar-refractivity contribution in [3.8, 4) is 11.5 Å². The van der Waals surface area contributed by atoms with Gasteiger partial charge in [-0.05, 0) is 36.4 Å². The van der Waals surface area contributed by atoms with Crippen molar-refractivity contribution in [3.05, 3.63) is 66.4 Å². The Morgan fingerprint density at radius 1 is 0.895 bits per heavy atom. The van der Waals surface area contributed by atoms with Gasteiger partial charge in [0.25, 0.3) is 0 Å². The van der Waals surface area contributed by atoms with E-state index in [-0.39, 0.29) is 6.61 Å². The number of aromatic nitrogens is 1. The van der Waals surface area contributed by atoms with Crippen molar-refractivity contribution in [3.63, 3.8) is 0 Å². The van der Waals surface area contributed by atoms with Crippen LogP contribution < -0.4 is 4.74 Å². The second kappa shape index (κ2) is 5.08. The zero-order valence-electron chi connectivity index (χ0n) is 10.3. The predicted molar refractivity (Wildman–Crippen MR) is 74.2 cm³/mol. The zero-order chi connectivity index (χ0) is 13.1. The summed E-state index contributed by atoms with van der Waals surface area (Å²) in [7, 11) is 0. The number of benzene rings is 2. The fraction of sp³-hybridized carbons (Fsp3) is 0.0625. The van der Waals surface area contributed by atoms with Crippen molar-refractivity contribution in [1.29, 1.82) is 0 Å².